The van der Waals surface area contributed by atoms with Crippen LogP contribution in [0.5, 0.6) is 0 Å². The number of amides is 3. The molecule has 7 unspecified atom stereocenters. The SMILES string of the molecule is CC(O)C(N)C(=O)NC(C(=O)N(C(=O)C(N)CCCCN)C(CO)(C(=O)O)C(=O)C(N)CCCCN)C(C)O. The Kier molecular flexibility index (Phi) is 16.1. The number of ketones is 1. The lowest BCUT2D eigenvalue weighted by molar-refractivity contribution is -0.176. The molecule has 0 radical (unpaired) electrons. The maximum absolute atomic E-state index is 13.8. The summed E-state index contributed by atoms with van der Waals surface area (Å²) >= 11 is 0. The van der Waals surface area contributed by atoms with Gasteiger partial charge in [-0.2, -0.15) is 0 Å². The predicted octanol–water partition coefficient (Wildman–Crippen LogP) is -4.79. The average Bonchev–Trinajstić information content (AvgIpc) is 2.88. The lowest BCUT2D eigenvalue weighted by Gasteiger charge is -2.41. The second-order valence-corrected chi connectivity index (χ2v) is 9.47. The minimum atomic E-state index is -3.24. The molecule has 0 aliphatic rings. The molecule has 0 aromatic rings. The van der Waals surface area contributed by atoms with Crippen molar-refractivity contribution >= 4 is 29.5 Å². The number of carboxylic acids is 1. The summed E-state index contributed by atoms with van der Waals surface area (Å²) in [7, 11) is 0. The monoisotopic (exact) mass is 563 g/mol. The van der Waals surface area contributed by atoms with Gasteiger partial charge in [0.15, 0.2) is 5.78 Å². The number of hydrogen-bond donors (Lipinski definition) is 10. The van der Waals surface area contributed by atoms with Crippen molar-refractivity contribution in [3.8, 4) is 0 Å². The fraction of sp³-hybridized carbons (Fsp3) is 0.783. The van der Waals surface area contributed by atoms with E-state index in [4.69, 9.17) is 28.7 Å². The fourth-order valence-corrected chi connectivity index (χ4v) is 3.75. The summed E-state index contributed by atoms with van der Waals surface area (Å²) < 4.78 is 0. The second kappa shape index (κ2) is 17.2. The number of aliphatic hydroxyl groups is 3. The molecule has 7 atom stereocenters. The summed E-state index contributed by atoms with van der Waals surface area (Å²) in [6.07, 6.45) is -1.82. The van der Waals surface area contributed by atoms with Gasteiger partial charge in [0.25, 0.3) is 5.91 Å². The van der Waals surface area contributed by atoms with E-state index in [1.54, 1.807) is 0 Å². The number of carboxylic acid groups (broad SMARTS) is 1. The van der Waals surface area contributed by atoms with E-state index < -0.39 is 78.0 Å². The van der Waals surface area contributed by atoms with E-state index in [-0.39, 0.29) is 30.8 Å². The van der Waals surface area contributed by atoms with E-state index in [1.165, 1.54) is 6.92 Å². The van der Waals surface area contributed by atoms with Crippen LogP contribution < -0.4 is 34.0 Å². The fourth-order valence-electron chi connectivity index (χ4n) is 3.75. The van der Waals surface area contributed by atoms with Crippen LogP contribution >= 0.6 is 0 Å². The highest BCUT2D eigenvalue weighted by atomic mass is 16.4. The molecule has 0 fully saturated rings. The van der Waals surface area contributed by atoms with E-state index in [2.05, 4.69) is 5.32 Å². The average molecular weight is 564 g/mol. The molecule has 0 aliphatic carbocycles. The first-order valence-electron chi connectivity index (χ1n) is 12.7. The maximum Gasteiger partial charge on any atom is 0.340 e. The molecule has 0 bridgehead atoms. The summed E-state index contributed by atoms with van der Waals surface area (Å²) in [5.41, 5.74) is 25.1. The van der Waals surface area contributed by atoms with Gasteiger partial charge in [-0.25, -0.2) is 4.79 Å². The van der Waals surface area contributed by atoms with E-state index in [1.807, 2.05) is 0 Å². The van der Waals surface area contributed by atoms with Crippen LogP contribution in [0.15, 0.2) is 0 Å². The number of aliphatic carboxylic acids is 1. The molecule has 0 aromatic carbocycles. The number of nitrogens with zero attached hydrogens (tertiary/aromatic N) is 1. The van der Waals surface area contributed by atoms with Gasteiger partial charge < -0.3 is 54.4 Å². The number of rotatable bonds is 19. The van der Waals surface area contributed by atoms with Crippen LogP contribution in [0.2, 0.25) is 0 Å². The Morgan fingerprint density at radius 3 is 1.69 bits per heavy atom. The zero-order valence-electron chi connectivity index (χ0n) is 22.5. The number of nitrogens with one attached hydrogen (secondary N) is 1. The third-order valence-electron chi connectivity index (χ3n) is 6.27. The minimum absolute atomic E-state index is 0.0425. The summed E-state index contributed by atoms with van der Waals surface area (Å²) in [6, 6.07) is -6.67. The molecule has 0 heterocycles. The normalized spacial score (nSPS) is 17.6. The number of Topliss-reactive ketones (excluding diaryl/α,β-unsaturated/α-hetero) is 1. The molecule has 16 nitrogen and oxygen atoms in total. The van der Waals surface area contributed by atoms with Gasteiger partial charge in [-0.05, 0) is 52.6 Å². The van der Waals surface area contributed by atoms with Crippen LogP contribution in [-0.4, -0.2) is 116 Å². The summed E-state index contributed by atoms with van der Waals surface area (Å²) in [6.45, 7) is 1.17. The molecule has 3 amide bonds. The van der Waals surface area contributed by atoms with Gasteiger partial charge >= 0.3 is 5.97 Å². The lowest BCUT2D eigenvalue weighted by Crippen LogP contribution is -2.73. The third kappa shape index (κ3) is 9.54. The second-order valence-electron chi connectivity index (χ2n) is 9.47. The Bertz CT molecular complexity index is 843. The molecule has 0 saturated carbocycles. The molecule has 0 spiro atoms. The smallest absolute Gasteiger partial charge is 0.340 e. The first kappa shape index (κ1) is 36.4. The Hall–Kier alpha value is -2.57. The van der Waals surface area contributed by atoms with Crippen molar-refractivity contribution < 1.29 is 44.4 Å². The van der Waals surface area contributed by atoms with E-state index in [9.17, 15) is 44.4 Å². The quantitative estimate of drug-likeness (QED) is 0.0521. The Labute approximate surface area is 227 Å². The van der Waals surface area contributed by atoms with Crippen LogP contribution in [0.1, 0.15) is 52.4 Å². The van der Waals surface area contributed by atoms with Crippen LogP contribution in [0.3, 0.4) is 0 Å². The zero-order chi connectivity index (χ0) is 30.5. The van der Waals surface area contributed by atoms with Gasteiger partial charge in [0.2, 0.25) is 17.4 Å². The molecule has 0 aromatic heterocycles. The van der Waals surface area contributed by atoms with Crippen LogP contribution in [0, 0.1) is 0 Å². The molecule has 226 valence electrons. The zero-order valence-corrected chi connectivity index (χ0v) is 22.5. The van der Waals surface area contributed by atoms with E-state index in [0.717, 1.165) is 6.92 Å². The van der Waals surface area contributed by atoms with Crippen LogP contribution in [0.4, 0.5) is 0 Å². The van der Waals surface area contributed by atoms with Crippen molar-refractivity contribution in [2.45, 2.75) is 94.3 Å². The summed E-state index contributed by atoms with van der Waals surface area (Å²) in [4.78, 5) is 65.8. The summed E-state index contributed by atoms with van der Waals surface area (Å²) in [5, 5.41) is 42.5. The molecule has 0 aliphatic heterocycles. The molecule has 39 heavy (non-hydrogen) atoms. The van der Waals surface area contributed by atoms with Crippen LogP contribution in [-0.2, 0) is 24.0 Å². The highest BCUT2D eigenvalue weighted by molar-refractivity contribution is 6.18. The molecular weight excluding hydrogens is 518 g/mol. The van der Waals surface area contributed by atoms with Crippen molar-refractivity contribution in [1.82, 2.24) is 10.2 Å². The number of carbonyl (C=O) groups is 5. The van der Waals surface area contributed by atoms with E-state index in [0.29, 0.717) is 25.7 Å². The van der Waals surface area contributed by atoms with Gasteiger partial charge in [0.1, 0.15) is 12.1 Å². The Balaban J connectivity index is 6.88. The number of hydrogen-bond acceptors (Lipinski definition) is 13. The Morgan fingerprint density at radius 1 is 0.821 bits per heavy atom. The first-order valence-corrected chi connectivity index (χ1v) is 12.7. The van der Waals surface area contributed by atoms with E-state index >= 15 is 0 Å². The lowest BCUT2D eigenvalue weighted by atomic mass is 9.84. The summed E-state index contributed by atoms with van der Waals surface area (Å²) in [5.74, 6) is -7.51. The van der Waals surface area contributed by atoms with Gasteiger partial charge in [-0.1, -0.05) is 12.8 Å². The van der Waals surface area contributed by atoms with Crippen molar-refractivity contribution in [3.05, 3.63) is 0 Å². The van der Waals surface area contributed by atoms with Crippen molar-refractivity contribution in [1.29, 1.82) is 0 Å². The molecule has 0 saturated heterocycles. The molecule has 15 N–H and O–H groups in total. The van der Waals surface area contributed by atoms with Gasteiger partial charge in [0.05, 0.1) is 30.9 Å². The minimum Gasteiger partial charge on any atom is -0.479 e. The highest BCUT2D eigenvalue weighted by Crippen LogP contribution is 2.25. The van der Waals surface area contributed by atoms with Crippen molar-refractivity contribution in [2.24, 2.45) is 28.7 Å². The molecule has 0 rings (SSSR count). The van der Waals surface area contributed by atoms with Gasteiger partial charge in [-0.3, -0.25) is 24.1 Å². The predicted molar refractivity (Wildman–Crippen MR) is 139 cm³/mol. The highest BCUT2D eigenvalue weighted by Gasteiger charge is 2.58. The third-order valence-corrected chi connectivity index (χ3v) is 6.27. The van der Waals surface area contributed by atoms with Crippen molar-refractivity contribution in [3.63, 3.8) is 0 Å². The van der Waals surface area contributed by atoms with Gasteiger partial charge in [-0.15, -0.1) is 0 Å². The Morgan fingerprint density at radius 2 is 1.31 bits per heavy atom. The number of carbonyl (C=O) groups excluding carboxylic acids is 4. The maximum atomic E-state index is 13.8. The molecular formula is C23H45N7O9. The number of unbranched alkanes of at least 4 members (excludes halogenated alkanes) is 2. The van der Waals surface area contributed by atoms with Crippen molar-refractivity contribution in [2.75, 3.05) is 19.7 Å². The standard InChI is InChI=1S/C23H45N7O9/c1-12(32)16(28)19(35)29-17(13(2)33)21(37)30(20(36)15(27)8-4-6-10-25)23(11-31,22(38)39)18(34)14(26)7-3-5-9-24/h12-17,31-33H,3-11,24-28H2,1-2H3,(H,29,35)(H,38,39). The van der Waals surface area contributed by atoms with Gasteiger partial charge in [0, 0.05) is 0 Å². The molecule has 16 heteroatoms. The topological polar surface area (TPSA) is 312 Å². The first-order chi connectivity index (χ1) is 18.1. The largest absolute Gasteiger partial charge is 0.479 e. The number of aliphatic hydroxyl groups excluding tert-OH is 3. The van der Waals surface area contributed by atoms with Crippen LogP contribution in [0.25, 0.3) is 0 Å². The number of nitrogens with two attached hydrogens (primary N) is 5. The number of imide groups is 1.